The SMILES string of the molecule is Cn1c(-c2cc3ccc2CCc2ccc(c(-c4nc(-c5ccccc5)c(-c5ccccc5)[nH]4)c2)CC3)nc(-c2ccccc2)c1-c1ccccc1. The maximum absolute atomic E-state index is 5.40. The number of benzene rings is 6. The first-order valence-corrected chi connectivity index (χ1v) is 17.8. The van der Waals surface area contributed by atoms with Crippen molar-refractivity contribution in [2.75, 3.05) is 0 Å². The van der Waals surface area contributed by atoms with Crippen molar-refractivity contribution in [1.29, 1.82) is 0 Å². The average molecular weight is 659 g/mol. The van der Waals surface area contributed by atoms with E-state index in [4.69, 9.17) is 9.97 Å². The summed E-state index contributed by atoms with van der Waals surface area (Å²) >= 11 is 0. The zero-order chi connectivity index (χ0) is 34.1. The molecule has 246 valence electrons. The summed E-state index contributed by atoms with van der Waals surface area (Å²) in [6.45, 7) is 0. The third-order valence-corrected chi connectivity index (χ3v) is 10.2. The van der Waals surface area contributed by atoms with Gasteiger partial charge in [-0.3, -0.25) is 0 Å². The van der Waals surface area contributed by atoms with Crippen LogP contribution in [0.2, 0.25) is 0 Å². The standard InChI is InChI=1S/C47H38N4/c1-51-45(39-20-12-5-13-21-39)44(38-18-10-4-11-19-38)50-47(51)41-31-33-23-27-34-26-22-32(24-28-35(41)29-25-33)30-40(34)46-48-42(36-14-6-2-7-15-36)43(49-46)37-16-8-3-9-17-37/h2-22,25-26,29-31H,23-24,27-28H2,1H3,(H,48,49). The van der Waals surface area contributed by atoms with Crippen LogP contribution in [-0.4, -0.2) is 19.5 Å². The van der Waals surface area contributed by atoms with Crippen LogP contribution in [0.4, 0.5) is 0 Å². The van der Waals surface area contributed by atoms with Crippen molar-refractivity contribution in [1.82, 2.24) is 19.5 Å². The quantitative estimate of drug-likeness (QED) is 0.193. The van der Waals surface area contributed by atoms with Crippen LogP contribution in [0.25, 0.3) is 67.8 Å². The zero-order valence-electron chi connectivity index (χ0n) is 28.7. The third kappa shape index (κ3) is 5.89. The van der Waals surface area contributed by atoms with Gasteiger partial charge in [0.15, 0.2) is 0 Å². The molecule has 2 aromatic heterocycles. The summed E-state index contributed by atoms with van der Waals surface area (Å²) in [7, 11) is 2.16. The van der Waals surface area contributed by atoms with Crippen LogP contribution in [0.1, 0.15) is 22.3 Å². The Morgan fingerprint density at radius 3 is 1.55 bits per heavy atom. The highest BCUT2D eigenvalue weighted by atomic mass is 15.1. The zero-order valence-corrected chi connectivity index (χ0v) is 28.7. The first-order valence-electron chi connectivity index (χ1n) is 17.8. The first kappa shape index (κ1) is 30.8. The Hall–Kier alpha value is -6.26. The van der Waals surface area contributed by atoms with E-state index in [9.17, 15) is 0 Å². The second-order valence-corrected chi connectivity index (χ2v) is 13.4. The van der Waals surface area contributed by atoms with Crippen molar-refractivity contribution in [3.63, 3.8) is 0 Å². The Bertz CT molecular complexity index is 2400. The number of rotatable bonds is 6. The third-order valence-electron chi connectivity index (χ3n) is 10.2. The summed E-state index contributed by atoms with van der Waals surface area (Å²) in [6.07, 6.45) is 3.64. The molecule has 51 heavy (non-hydrogen) atoms. The molecular formula is C47H38N4. The highest BCUT2D eigenvalue weighted by Crippen LogP contribution is 2.39. The fourth-order valence-electron chi connectivity index (χ4n) is 7.56. The number of aromatic amines is 1. The molecule has 6 aromatic carbocycles. The molecule has 0 atom stereocenters. The van der Waals surface area contributed by atoms with Gasteiger partial charge in [0.25, 0.3) is 0 Å². The van der Waals surface area contributed by atoms with E-state index in [0.717, 1.165) is 76.8 Å². The molecule has 12 rings (SSSR count). The molecule has 0 saturated carbocycles. The molecule has 4 aliphatic carbocycles. The predicted molar refractivity (Wildman–Crippen MR) is 209 cm³/mol. The van der Waals surface area contributed by atoms with Crippen LogP contribution in [0.15, 0.2) is 158 Å². The van der Waals surface area contributed by atoms with Crippen LogP contribution < -0.4 is 0 Å². The fraction of sp³-hybridized carbons (Fsp3) is 0.106. The van der Waals surface area contributed by atoms with Crippen molar-refractivity contribution in [3.8, 4) is 67.8 Å². The van der Waals surface area contributed by atoms with E-state index >= 15 is 0 Å². The van der Waals surface area contributed by atoms with Crippen molar-refractivity contribution in [3.05, 3.63) is 180 Å². The molecule has 4 heteroatoms. The molecule has 0 saturated heterocycles. The van der Waals surface area contributed by atoms with E-state index in [1.165, 1.54) is 38.9 Å². The molecule has 2 heterocycles. The lowest BCUT2D eigenvalue weighted by molar-refractivity contribution is 0.902. The molecule has 0 aliphatic heterocycles. The average Bonchev–Trinajstić information content (AvgIpc) is 3.79. The van der Waals surface area contributed by atoms with Gasteiger partial charge in [-0.05, 0) is 60.1 Å². The lowest BCUT2D eigenvalue weighted by Crippen LogP contribution is -2.04. The summed E-state index contributed by atoms with van der Waals surface area (Å²) < 4.78 is 2.30. The molecule has 0 fully saturated rings. The number of nitrogens with one attached hydrogen (secondary N) is 1. The number of imidazole rings is 2. The lowest BCUT2D eigenvalue weighted by Gasteiger charge is -2.16. The van der Waals surface area contributed by atoms with Gasteiger partial charge in [-0.2, -0.15) is 0 Å². The number of nitrogens with zero attached hydrogens (tertiary/aromatic N) is 3. The molecule has 4 aliphatic rings. The lowest BCUT2D eigenvalue weighted by atomic mass is 9.90. The molecule has 0 amide bonds. The summed E-state index contributed by atoms with van der Waals surface area (Å²) in [5.74, 6) is 1.93. The van der Waals surface area contributed by atoms with Crippen molar-refractivity contribution in [2.45, 2.75) is 25.7 Å². The molecule has 0 radical (unpaired) electrons. The smallest absolute Gasteiger partial charge is 0.141 e. The topological polar surface area (TPSA) is 46.5 Å². The Labute approximate surface area is 299 Å². The molecule has 0 spiro atoms. The van der Waals surface area contributed by atoms with Gasteiger partial charge in [-0.1, -0.05) is 146 Å². The highest BCUT2D eigenvalue weighted by molar-refractivity contribution is 5.84. The van der Waals surface area contributed by atoms with E-state index in [-0.39, 0.29) is 0 Å². The molecule has 4 bridgehead atoms. The minimum Gasteiger partial charge on any atom is -0.337 e. The van der Waals surface area contributed by atoms with Gasteiger partial charge in [0.05, 0.1) is 22.8 Å². The van der Waals surface area contributed by atoms with Crippen LogP contribution in [0.3, 0.4) is 0 Å². The molecule has 0 unspecified atom stereocenters. The second-order valence-electron chi connectivity index (χ2n) is 13.4. The maximum atomic E-state index is 5.40. The largest absolute Gasteiger partial charge is 0.337 e. The molecule has 8 aromatic rings. The Morgan fingerprint density at radius 2 is 0.961 bits per heavy atom. The van der Waals surface area contributed by atoms with E-state index in [2.05, 4.69) is 174 Å². The van der Waals surface area contributed by atoms with Crippen LogP contribution in [-0.2, 0) is 32.7 Å². The van der Waals surface area contributed by atoms with Crippen molar-refractivity contribution < 1.29 is 0 Å². The van der Waals surface area contributed by atoms with Gasteiger partial charge in [-0.25, -0.2) is 9.97 Å². The number of H-pyrrole nitrogens is 1. The fourth-order valence-corrected chi connectivity index (χ4v) is 7.56. The maximum Gasteiger partial charge on any atom is 0.141 e. The van der Waals surface area contributed by atoms with Crippen LogP contribution in [0, 0.1) is 0 Å². The number of aromatic nitrogens is 4. The summed E-state index contributed by atoms with van der Waals surface area (Å²) in [6, 6.07) is 56.3. The van der Waals surface area contributed by atoms with Gasteiger partial charge < -0.3 is 9.55 Å². The predicted octanol–water partition coefficient (Wildman–Crippen LogP) is 11.0. The van der Waals surface area contributed by atoms with Gasteiger partial charge in [0, 0.05) is 40.4 Å². The van der Waals surface area contributed by atoms with Gasteiger partial charge >= 0.3 is 0 Å². The van der Waals surface area contributed by atoms with Gasteiger partial charge in [0.1, 0.15) is 11.6 Å². The van der Waals surface area contributed by atoms with E-state index < -0.39 is 0 Å². The Kier molecular flexibility index (Phi) is 7.98. The molecular weight excluding hydrogens is 621 g/mol. The summed E-state index contributed by atoms with van der Waals surface area (Å²) in [5.41, 5.74) is 16.3. The van der Waals surface area contributed by atoms with E-state index in [0.29, 0.717) is 0 Å². The van der Waals surface area contributed by atoms with Gasteiger partial charge in [0.2, 0.25) is 0 Å². The minimum absolute atomic E-state index is 0.904. The first-order chi connectivity index (χ1) is 25.2. The Morgan fingerprint density at radius 1 is 0.471 bits per heavy atom. The summed E-state index contributed by atoms with van der Waals surface area (Å²) in [5, 5.41) is 0. The van der Waals surface area contributed by atoms with E-state index in [1.807, 2.05) is 0 Å². The number of hydrogen-bond donors (Lipinski definition) is 1. The summed E-state index contributed by atoms with van der Waals surface area (Å²) in [4.78, 5) is 14.5. The number of hydrogen-bond acceptors (Lipinski definition) is 2. The Balaban J connectivity index is 1.12. The van der Waals surface area contributed by atoms with E-state index in [1.54, 1.807) is 0 Å². The van der Waals surface area contributed by atoms with Crippen LogP contribution >= 0.6 is 0 Å². The second kappa shape index (κ2) is 13.2. The van der Waals surface area contributed by atoms with Crippen LogP contribution in [0.5, 0.6) is 0 Å². The van der Waals surface area contributed by atoms with Gasteiger partial charge in [-0.15, -0.1) is 0 Å². The van der Waals surface area contributed by atoms with Crippen molar-refractivity contribution >= 4 is 0 Å². The normalized spacial score (nSPS) is 12.5. The molecule has 1 N–H and O–H groups in total. The van der Waals surface area contributed by atoms with Crippen molar-refractivity contribution in [2.24, 2.45) is 7.05 Å². The number of aryl methyl sites for hydroxylation is 4. The molecule has 4 nitrogen and oxygen atoms in total. The highest BCUT2D eigenvalue weighted by Gasteiger charge is 2.23. The monoisotopic (exact) mass is 658 g/mol. The minimum atomic E-state index is 0.904.